The van der Waals surface area contributed by atoms with Gasteiger partial charge in [0.05, 0.1) is 13.2 Å². The van der Waals surface area contributed by atoms with Gasteiger partial charge in [-0.15, -0.1) is 0 Å². The molecule has 18 heavy (non-hydrogen) atoms. The number of nitrogens with one attached hydrogen (secondary N) is 1. The van der Waals surface area contributed by atoms with E-state index < -0.39 is 0 Å². The quantitative estimate of drug-likeness (QED) is 0.674. The minimum Gasteiger partial charge on any atom is -0.497 e. The van der Waals surface area contributed by atoms with Crippen molar-refractivity contribution in [2.45, 2.75) is 6.04 Å². The van der Waals surface area contributed by atoms with E-state index in [-0.39, 0.29) is 6.04 Å². The van der Waals surface area contributed by atoms with Gasteiger partial charge in [0.25, 0.3) is 0 Å². The summed E-state index contributed by atoms with van der Waals surface area (Å²) >= 11 is 3.42. The third-order valence-electron chi connectivity index (χ3n) is 2.80. The number of hydrogen-bond donors (Lipinski definition) is 2. The molecule has 0 saturated carbocycles. The van der Waals surface area contributed by atoms with Crippen LogP contribution in [0.3, 0.4) is 0 Å². The third kappa shape index (κ3) is 2.90. The number of benzene rings is 2. The average molecular weight is 307 g/mol. The van der Waals surface area contributed by atoms with Crippen LogP contribution in [-0.4, -0.2) is 7.11 Å². The molecule has 0 radical (unpaired) electrons. The van der Waals surface area contributed by atoms with E-state index in [0.717, 1.165) is 21.3 Å². The minimum atomic E-state index is -0.0480. The number of rotatable bonds is 4. The lowest BCUT2D eigenvalue weighted by atomic mass is 9.99. The zero-order valence-corrected chi connectivity index (χ0v) is 11.6. The molecule has 0 saturated heterocycles. The van der Waals surface area contributed by atoms with Gasteiger partial charge in [-0.2, -0.15) is 0 Å². The first-order valence-electron chi connectivity index (χ1n) is 5.60. The Morgan fingerprint density at radius 2 is 1.83 bits per heavy atom. The molecule has 0 fully saturated rings. The fraction of sp³-hybridized carbons (Fsp3) is 0.143. The van der Waals surface area contributed by atoms with Crippen LogP contribution >= 0.6 is 15.9 Å². The van der Waals surface area contributed by atoms with Crippen LogP contribution in [0.1, 0.15) is 17.2 Å². The summed E-state index contributed by atoms with van der Waals surface area (Å²) in [6.45, 7) is 0. The van der Waals surface area contributed by atoms with Crippen molar-refractivity contribution in [3.8, 4) is 5.75 Å². The van der Waals surface area contributed by atoms with Crippen molar-refractivity contribution < 1.29 is 4.74 Å². The normalized spacial score (nSPS) is 12.2. The van der Waals surface area contributed by atoms with Gasteiger partial charge in [0.2, 0.25) is 0 Å². The molecule has 2 aromatic rings. The maximum Gasteiger partial charge on any atom is 0.119 e. The summed E-state index contributed by atoms with van der Waals surface area (Å²) in [5, 5.41) is 0. The van der Waals surface area contributed by atoms with Crippen LogP contribution in [0.25, 0.3) is 0 Å². The molecular formula is C14H15BrN2O. The minimum absolute atomic E-state index is 0.0480. The van der Waals surface area contributed by atoms with Crippen LogP contribution < -0.4 is 16.0 Å². The molecule has 2 rings (SSSR count). The fourth-order valence-electron chi connectivity index (χ4n) is 1.86. The van der Waals surface area contributed by atoms with Crippen LogP contribution in [0.5, 0.6) is 5.75 Å². The van der Waals surface area contributed by atoms with Crippen LogP contribution in [0.15, 0.2) is 53.0 Å². The fourth-order valence-corrected chi connectivity index (χ4v) is 2.13. The van der Waals surface area contributed by atoms with E-state index in [2.05, 4.69) is 21.4 Å². The Morgan fingerprint density at radius 3 is 2.44 bits per heavy atom. The Labute approximate surface area is 115 Å². The summed E-state index contributed by atoms with van der Waals surface area (Å²) in [6.07, 6.45) is 0. The number of nitrogens with two attached hydrogens (primary N) is 1. The molecule has 1 unspecified atom stereocenters. The monoisotopic (exact) mass is 306 g/mol. The van der Waals surface area contributed by atoms with Gasteiger partial charge in [0.1, 0.15) is 5.75 Å². The van der Waals surface area contributed by atoms with Gasteiger partial charge >= 0.3 is 0 Å². The van der Waals surface area contributed by atoms with Crippen molar-refractivity contribution in [2.24, 2.45) is 5.84 Å². The van der Waals surface area contributed by atoms with E-state index in [4.69, 9.17) is 10.6 Å². The van der Waals surface area contributed by atoms with E-state index in [1.807, 2.05) is 48.5 Å². The van der Waals surface area contributed by atoms with Gasteiger partial charge < -0.3 is 4.74 Å². The topological polar surface area (TPSA) is 47.3 Å². The SMILES string of the molecule is COc1cccc(C(NN)c2ccc(Br)cc2)c1. The zero-order valence-electron chi connectivity index (χ0n) is 10.1. The second-order valence-corrected chi connectivity index (χ2v) is 4.84. The molecule has 0 aromatic heterocycles. The summed E-state index contributed by atoms with van der Waals surface area (Å²) < 4.78 is 6.28. The largest absolute Gasteiger partial charge is 0.497 e. The lowest BCUT2D eigenvalue weighted by Gasteiger charge is -2.17. The second kappa shape index (κ2) is 6.00. The van der Waals surface area contributed by atoms with E-state index in [1.165, 1.54) is 0 Å². The summed E-state index contributed by atoms with van der Waals surface area (Å²) in [4.78, 5) is 0. The molecule has 0 aliphatic heterocycles. The van der Waals surface area contributed by atoms with E-state index >= 15 is 0 Å². The van der Waals surface area contributed by atoms with E-state index in [1.54, 1.807) is 7.11 Å². The maximum absolute atomic E-state index is 5.66. The van der Waals surface area contributed by atoms with Gasteiger partial charge in [-0.3, -0.25) is 5.84 Å². The predicted molar refractivity (Wildman–Crippen MR) is 76.3 cm³/mol. The Balaban J connectivity index is 2.35. The number of hydrazine groups is 1. The standard InChI is InChI=1S/C14H15BrN2O/c1-18-13-4-2-3-11(9-13)14(17-16)10-5-7-12(15)8-6-10/h2-9,14,17H,16H2,1H3. The zero-order chi connectivity index (χ0) is 13.0. The average Bonchev–Trinajstić information content (AvgIpc) is 2.42. The van der Waals surface area contributed by atoms with Crippen molar-refractivity contribution in [3.63, 3.8) is 0 Å². The maximum atomic E-state index is 5.66. The predicted octanol–water partition coefficient (Wildman–Crippen LogP) is 3.01. The molecule has 0 spiro atoms. The van der Waals surface area contributed by atoms with Crippen molar-refractivity contribution >= 4 is 15.9 Å². The first kappa shape index (κ1) is 13.1. The first-order chi connectivity index (χ1) is 8.74. The van der Waals surface area contributed by atoms with Crippen molar-refractivity contribution in [2.75, 3.05) is 7.11 Å². The highest BCUT2D eigenvalue weighted by Gasteiger charge is 2.12. The number of hydrogen-bond acceptors (Lipinski definition) is 3. The lowest BCUT2D eigenvalue weighted by molar-refractivity contribution is 0.413. The summed E-state index contributed by atoms with van der Waals surface area (Å²) in [5.74, 6) is 6.49. The Bertz CT molecular complexity index is 513. The molecule has 1 atom stereocenters. The van der Waals surface area contributed by atoms with Gasteiger partial charge in [0.15, 0.2) is 0 Å². The van der Waals surface area contributed by atoms with Crippen LogP contribution in [-0.2, 0) is 0 Å². The highest BCUT2D eigenvalue weighted by atomic mass is 79.9. The molecule has 0 bridgehead atoms. The molecule has 2 aromatic carbocycles. The lowest BCUT2D eigenvalue weighted by Crippen LogP contribution is -2.28. The Kier molecular flexibility index (Phi) is 4.36. The highest BCUT2D eigenvalue weighted by Crippen LogP contribution is 2.25. The summed E-state index contributed by atoms with van der Waals surface area (Å²) in [6, 6.07) is 15.9. The molecule has 0 aliphatic carbocycles. The molecular weight excluding hydrogens is 292 g/mol. The molecule has 94 valence electrons. The van der Waals surface area contributed by atoms with Gasteiger partial charge in [-0.1, -0.05) is 40.2 Å². The van der Waals surface area contributed by atoms with Crippen LogP contribution in [0.2, 0.25) is 0 Å². The Hall–Kier alpha value is -1.36. The number of halogens is 1. The molecule has 0 aliphatic rings. The number of methoxy groups -OCH3 is 1. The van der Waals surface area contributed by atoms with Crippen molar-refractivity contribution in [1.82, 2.24) is 5.43 Å². The molecule has 3 nitrogen and oxygen atoms in total. The van der Waals surface area contributed by atoms with Crippen LogP contribution in [0, 0.1) is 0 Å². The highest BCUT2D eigenvalue weighted by molar-refractivity contribution is 9.10. The van der Waals surface area contributed by atoms with Crippen molar-refractivity contribution in [1.29, 1.82) is 0 Å². The summed E-state index contributed by atoms with van der Waals surface area (Å²) in [7, 11) is 1.66. The van der Waals surface area contributed by atoms with E-state index in [0.29, 0.717) is 0 Å². The second-order valence-electron chi connectivity index (χ2n) is 3.93. The van der Waals surface area contributed by atoms with Crippen molar-refractivity contribution in [3.05, 3.63) is 64.1 Å². The van der Waals surface area contributed by atoms with Crippen LogP contribution in [0.4, 0.5) is 0 Å². The van der Waals surface area contributed by atoms with Gasteiger partial charge in [0, 0.05) is 4.47 Å². The first-order valence-corrected chi connectivity index (χ1v) is 6.39. The molecule has 0 amide bonds. The summed E-state index contributed by atoms with van der Waals surface area (Å²) in [5.41, 5.74) is 5.01. The smallest absolute Gasteiger partial charge is 0.119 e. The molecule has 3 N–H and O–H groups in total. The molecule has 0 heterocycles. The molecule has 4 heteroatoms. The van der Waals surface area contributed by atoms with Gasteiger partial charge in [-0.25, -0.2) is 5.43 Å². The van der Waals surface area contributed by atoms with E-state index in [9.17, 15) is 0 Å². The number of ether oxygens (including phenoxy) is 1. The Morgan fingerprint density at radius 1 is 1.11 bits per heavy atom. The van der Waals surface area contributed by atoms with Gasteiger partial charge in [-0.05, 0) is 35.4 Å². The third-order valence-corrected chi connectivity index (χ3v) is 3.33.